The van der Waals surface area contributed by atoms with Crippen molar-refractivity contribution in [3.63, 3.8) is 0 Å². The molecule has 0 atom stereocenters. The Hall–Kier alpha value is -4.05. The molecule has 2 N–H and O–H groups in total. The van der Waals surface area contributed by atoms with Gasteiger partial charge in [0.15, 0.2) is 0 Å². The van der Waals surface area contributed by atoms with Crippen LogP contribution in [0.25, 0.3) is 11.1 Å². The molecule has 0 bridgehead atoms. The molecule has 1 heterocycles. The Bertz CT molecular complexity index is 1210. The number of anilines is 2. The zero-order chi connectivity index (χ0) is 25.0. The number of rotatable bonds is 6. The summed E-state index contributed by atoms with van der Waals surface area (Å²) in [6.07, 6.45) is -4.94. The molecule has 0 radical (unpaired) electrons. The standard InChI is InChI=1S/C25H21F3N2O5/c26-25(27,28)35-22-10-5-18(15-21(22)16-1-3-17(4-2-16)24(32)33)23(31)29-19-6-8-20(9-7-19)30-11-13-34-14-12-30/h1-10,15H,11-14H2,(H,29,31)(H,32,33). The number of benzene rings is 3. The lowest BCUT2D eigenvalue weighted by Gasteiger charge is -2.28. The average molecular weight is 486 g/mol. The van der Waals surface area contributed by atoms with E-state index in [0.717, 1.165) is 24.8 Å². The molecule has 0 unspecified atom stereocenters. The topological polar surface area (TPSA) is 88.1 Å². The van der Waals surface area contributed by atoms with Crippen LogP contribution in [0.5, 0.6) is 5.75 Å². The van der Waals surface area contributed by atoms with Gasteiger partial charge in [-0.15, -0.1) is 13.2 Å². The van der Waals surface area contributed by atoms with Crippen molar-refractivity contribution >= 4 is 23.3 Å². The number of carboxylic acid groups (broad SMARTS) is 1. The summed E-state index contributed by atoms with van der Waals surface area (Å²) in [6.45, 7) is 2.84. The zero-order valence-electron chi connectivity index (χ0n) is 18.3. The van der Waals surface area contributed by atoms with Gasteiger partial charge in [-0.1, -0.05) is 12.1 Å². The molecule has 35 heavy (non-hydrogen) atoms. The van der Waals surface area contributed by atoms with Gasteiger partial charge in [-0.2, -0.15) is 0 Å². The number of ether oxygens (including phenoxy) is 2. The van der Waals surface area contributed by atoms with Crippen LogP contribution in [0.4, 0.5) is 24.5 Å². The van der Waals surface area contributed by atoms with Crippen LogP contribution in [0.15, 0.2) is 66.7 Å². The number of carbonyl (C=O) groups is 2. The van der Waals surface area contributed by atoms with Crippen LogP contribution in [0.3, 0.4) is 0 Å². The van der Waals surface area contributed by atoms with E-state index in [2.05, 4.69) is 15.0 Å². The maximum atomic E-state index is 12.9. The Morgan fingerprint density at radius 3 is 2.14 bits per heavy atom. The third-order valence-corrected chi connectivity index (χ3v) is 5.41. The number of amides is 1. The lowest BCUT2D eigenvalue weighted by atomic mass is 10.00. The molecular weight excluding hydrogens is 465 g/mol. The molecule has 1 aliphatic rings. The van der Waals surface area contributed by atoms with Crippen molar-refractivity contribution < 1.29 is 37.3 Å². The molecule has 182 valence electrons. The smallest absolute Gasteiger partial charge is 0.478 e. The molecule has 1 aliphatic heterocycles. The lowest BCUT2D eigenvalue weighted by molar-refractivity contribution is -0.274. The summed E-state index contributed by atoms with van der Waals surface area (Å²) in [5, 5.41) is 11.8. The van der Waals surface area contributed by atoms with Crippen molar-refractivity contribution in [2.45, 2.75) is 6.36 Å². The zero-order valence-corrected chi connectivity index (χ0v) is 18.3. The van der Waals surface area contributed by atoms with Gasteiger partial charge in [0, 0.05) is 35.6 Å². The first-order valence-corrected chi connectivity index (χ1v) is 10.7. The quantitative estimate of drug-likeness (QED) is 0.508. The lowest BCUT2D eigenvalue weighted by Crippen LogP contribution is -2.36. The van der Waals surface area contributed by atoms with Crippen LogP contribution in [0.1, 0.15) is 20.7 Å². The van der Waals surface area contributed by atoms with Crippen LogP contribution in [0, 0.1) is 0 Å². The molecular formula is C25H21F3N2O5. The van der Waals surface area contributed by atoms with E-state index in [9.17, 15) is 22.8 Å². The molecule has 4 rings (SSSR count). The van der Waals surface area contributed by atoms with Gasteiger partial charge in [0.05, 0.1) is 18.8 Å². The van der Waals surface area contributed by atoms with E-state index in [4.69, 9.17) is 9.84 Å². The second-order valence-corrected chi connectivity index (χ2v) is 7.74. The highest BCUT2D eigenvalue weighted by atomic mass is 19.4. The SMILES string of the molecule is O=C(O)c1ccc(-c2cc(C(=O)Nc3ccc(N4CCOCC4)cc3)ccc2OC(F)(F)F)cc1. The van der Waals surface area contributed by atoms with Crippen molar-refractivity contribution in [3.8, 4) is 16.9 Å². The van der Waals surface area contributed by atoms with E-state index >= 15 is 0 Å². The Morgan fingerprint density at radius 2 is 1.54 bits per heavy atom. The van der Waals surface area contributed by atoms with Gasteiger partial charge in [-0.3, -0.25) is 4.79 Å². The summed E-state index contributed by atoms with van der Waals surface area (Å²) in [7, 11) is 0. The highest BCUT2D eigenvalue weighted by Crippen LogP contribution is 2.35. The summed E-state index contributed by atoms with van der Waals surface area (Å²) in [5.41, 5.74) is 1.85. The van der Waals surface area contributed by atoms with Crippen LogP contribution in [0.2, 0.25) is 0 Å². The third kappa shape index (κ3) is 6.10. The van der Waals surface area contributed by atoms with E-state index in [1.807, 2.05) is 12.1 Å². The Balaban J connectivity index is 1.57. The predicted molar refractivity (Wildman–Crippen MR) is 123 cm³/mol. The van der Waals surface area contributed by atoms with Crippen LogP contribution in [-0.4, -0.2) is 49.6 Å². The van der Waals surface area contributed by atoms with Crippen molar-refractivity contribution in [2.24, 2.45) is 0 Å². The molecule has 7 nitrogen and oxygen atoms in total. The minimum atomic E-state index is -4.94. The number of morpholine rings is 1. The average Bonchev–Trinajstić information content (AvgIpc) is 2.84. The predicted octanol–water partition coefficient (Wildman–Crippen LogP) is 5.04. The fourth-order valence-electron chi connectivity index (χ4n) is 3.68. The summed E-state index contributed by atoms with van der Waals surface area (Å²) in [6, 6.07) is 16.0. The molecule has 1 amide bonds. The van der Waals surface area contributed by atoms with Crippen LogP contribution >= 0.6 is 0 Å². The molecule has 0 spiro atoms. The van der Waals surface area contributed by atoms with Gasteiger partial charge in [0.2, 0.25) is 0 Å². The van der Waals surface area contributed by atoms with Crippen LogP contribution in [-0.2, 0) is 4.74 Å². The van der Waals surface area contributed by atoms with Crippen molar-refractivity contribution in [2.75, 3.05) is 36.5 Å². The largest absolute Gasteiger partial charge is 0.573 e. The summed E-state index contributed by atoms with van der Waals surface area (Å²) < 4.78 is 48.3. The van der Waals surface area contributed by atoms with Gasteiger partial charge in [0.1, 0.15) is 5.75 Å². The van der Waals surface area contributed by atoms with E-state index in [0.29, 0.717) is 18.9 Å². The highest BCUT2D eigenvalue weighted by molar-refractivity contribution is 6.05. The number of hydrogen-bond donors (Lipinski definition) is 2. The number of nitrogens with zero attached hydrogens (tertiary/aromatic N) is 1. The van der Waals surface area contributed by atoms with Gasteiger partial charge in [-0.05, 0) is 60.2 Å². The number of halogens is 3. The fourth-order valence-corrected chi connectivity index (χ4v) is 3.68. The normalized spacial score (nSPS) is 13.9. The first-order chi connectivity index (χ1) is 16.7. The maximum Gasteiger partial charge on any atom is 0.573 e. The molecule has 1 saturated heterocycles. The van der Waals surface area contributed by atoms with E-state index in [1.165, 1.54) is 36.4 Å². The van der Waals surface area contributed by atoms with Crippen molar-refractivity contribution in [1.29, 1.82) is 0 Å². The number of carboxylic acids is 1. The van der Waals surface area contributed by atoms with Crippen molar-refractivity contribution in [1.82, 2.24) is 0 Å². The van der Waals surface area contributed by atoms with Gasteiger partial charge in [-0.25, -0.2) is 4.79 Å². The highest BCUT2D eigenvalue weighted by Gasteiger charge is 2.32. The summed E-state index contributed by atoms with van der Waals surface area (Å²) >= 11 is 0. The van der Waals surface area contributed by atoms with Gasteiger partial charge >= 0.3 is 12.3 Å². The number of alkyl halides is 3. The first-order valence-electron chi connectivity index (χ1n) is 10.7. The fraction of sp³-hybridized carbons (Fsp3) is 0.200. The Kier molecular flexibility index (Phi) is 6.92. The molecule has 1 fully saturated rings. The maximum absolute atomic E-state index is 12.9. The van der Waals surface area contributed by atoms with E-state index < -0.39 is 24.0 Å². The van der Waals surface area contributed by atoms with Gasteiger partial charge < -0.3 is 24.8 Å². The number of carbonyl (C=O) groups excluding carboxylic acids is 1. The second-order valence-electron chi connectivity index (χ2n) is 7.74. The number of hydrogen-bond acceptors (Lipinski definition) is 5. The molecule has 0 aromatic heterocycles. The summed E-state index contributed by atoms with van der Waals surface area (Å²) in [5.74, 6) is -2.20. The minimum absolute atomic E-state index is 0.00502. The molecule has 10 heteroatoms. The molecule has 0 aliphatic carbocycles. The summed E-state index contributed by atoms with van der Waals surface area (Å²) in [4.78, 5) is 26.1. The van der Waals surface area contributed by atoms with Crippen LogP contribution < -0.4 is 15.0 Å². The Labute approximate surface area is 198 Å². The van der Waals surface area contributed by atoms with Crippen molar-refractivity contribution in [3.05, 3.63) is 77.9 Å². The Morgan fingerprint density at radius 1 is 0.914 bits per heavy atom. The molecule has 3 aromatic carbocycles. The number of aromatic carboxylic acids is 1. The second kappa shape index (κ2) is 10.1. The minimum Gasteiger partial charge on any atom is -0.478 e. The van der Waals surface area contributed by atoms with Gasteiger partial charge in [0.25, 0.3) is 5.91 Å². The molecule has 0 saturated carbocycles. The first kappa shape index (κ1) is 24.1. The monoisotopic (exact) mass is 486 g/mol. The molecule has 3 aromatic rings. The van der Waals surface area contributed by atoms with E-state index in [1.54, 1.807) is 12.1 Å². The number of nitrogens with one attached hydrogen (secondary N) is 1. The van der Waals surface area contributed by atoms with E-state index in [-0.39, 0.29) is 22.3 Å². The third-order valence-electron chi connectivity index (χ3n) is 5.41.